The minimum atomic E-state index is -0.218. The van der Waals surface area contributed by atoms with Crippen LogP contribution in [0.3, 0.4) is 0 Å². The van der Waals surface area contributed by atoms with Gasteiger partial charge in [-0.1, -0.05) is 5.16 Å². The normalized spacial score (nSPS) is 12.9. The summed E-state index contributed by atoms with van der Waals surface area (Å²) in [5, 5.41) is 15.0. The Morgan fingerprint density at radius 3 is 3.00 bits per heavy atom. The first-order valence-corrected chi connectivity index (χ1v) is 5.23. The molecule has 80 valence electrons. The third-order valence-corrected chi connectivity index (χ3v) is 2.89. The van der Waals surface area contributed by atoms with Gasteiger partial charge in [0, 0.05) is 7.11 Å². The Hall–Kier alpha value is -1.40. The van der Waals surface area contributed by atoms with Crippen LogP contribution in [0, 0.1) is 0 Å². The van der Waals surface area contributed by atoms with Gasteiger partial charge in [0.2, 0.25) is 5.82 Å². The molecule has 2 aromatic rings. The summed E-state index contributed by atoms with van der Waals surface area (Å²) in [4.78, 5) is 4.71. The maximum absolute atomic E-state index is 9.46. The second-order valence-corrected chi connectivity index (χ2v) is 3.89. The molecule has 15 heavy (non-hydrogen) atoms. The predicted molar refractivity (Wildman–Crippen MR) is 54.7 cm³/mol. The highest BCUT2D eigenvalue weighted by Crippen LogP contribution is 2.33. The van der Waals surface area contributed by atoms with E-state index in [1.54, 1.807) is 18.6 Å². The van der Waals surface area contributed by atoms with Crippen LogP contribution in [0.1, 0.15) is 18.9 Å². The molecular formula is C9H10N2O3S. The molecule has 0 aromatic carbocycles. The van der Waals surface area contributed by atoms with Crippen LogP contribution in [0.15, 0.2) is 16.0 Å². The number of aromatic nitrogens is 2. The molecule has 1 atom stereocenters. The lowest BCUT2D eigenvalue weighted by Gasteiger charge is -2.00. The fraction of sp³-hybridized carbons (Fsp3) is 0.333. The lowest BCUT2D eigenvalue weighted by atomic mass is 10.4. The van der Waals surface area contributed by atoms with E-state index in [9.17, 15) is 5.11 Å². The minimum Gasteiger partial charge on any atom is -0.506 e. The predicted octanol–water partition coefficient (Wildman–Crippen LogP) is 2.21. The van der Waals surface area contributed by atoms with Gasteiger partial charge in [0.15, 0.2) is 0 Å². The molecule has 0 fully saturated rings. The Morgan fingerprint density at radius 2 is 2.40 bits per heavy atom. The average Bonchev–Trinajstić information content (AvgIpc) is 2.84. The number of methoxy groups -OCH3 is 1. The smallest absolute Gasteiger partial charge is 0.271 e. The molecule has 6 heteroatoms. The Morgan fingerprint density at radius 1 is 1.60 bits per heavy atom. The standard InChI is InChI=1S/C9H10N2O3S/c1-5(13-2)8-10-9(14-11-8)7-6(12)3-4-15-7/h3-5,12H,1-2H3. The Kier molecular flexibility index (Phi) is 2.70. The molecule has 2 aromatic heterocycles. The van der Waals surface area contributed by atoms with E-state index in [2.05, 4.69) is 10.1 Å². The summed E-state index contributed by atoms with van der Waals surface area (Å²) in [5.41, 5.74) is 0. The van der Waals surface area contributed by atoms with E-state index in [1.807, 2.05) is 6.92 Å². The topological polar surface area (TPSA) is 68.4 Å². The summed E-state index contributed by atoms with van der Waals surface area (Å²) in [6.07, 6.45) is -0.218. The van der Waals surface area contributed by atoms with Gasteiger partial charge >= 0.3 is 0 Å². The van der Waals surface area contributed by atoms with Crippen LogP contribution in [-0.2, 0) is 4.74 Å². The zero-order valence-electron chi connectivity index (χ0n) is 8.30. The van der Waals surface area contributed by atoms with Crippen LogP contribution in [0.4, 0.5) is 0 Å². The number of aromatic hydroxyl groups is 1. The highest BCUT2D eigenvalue weighted by atomic mass is 32.1. The molecule has 0 amide bonds. The lowest BCUT2D eigenvalue weighted by Crippen LogP contribution is -1.97. The molecule has 0 saturated carbocycles. The molecule has 0 bridgehead atoms. The van der Waals surface area contributed by atoms with Crippen LogP contribution < -0.4 is 0 Å². The van der Waals surface area contributed by atoms with Gasteiger partial charge in [-0.3, -0.25) is 0 Å². The first-order valence-electron chi connectivity index (χ1n) is 4.35. The van der Waals surface area contributed by atoms with Crippen LogP contribution in [0.5, 0.6) is 5.75 Å². The van der Waals surface area contributed by atoms with E-state index in [0.29, 0.717) is 16.6 Å². The van der Waals surface area contributed by atoms with E-state index < -0.39 is 0 Å². The first-order chi connectivity index (χ1) is 7.22. The van der Waals surface area contributed by atoms with Crippen molar-refractivity contribution in [2.75, 3.05) is 7.11 Å². The molecule has 2 rings (SSSR count). The van der Waals surface area contributed by atoms with Gasteiger partial charge in [0.25, 0.3) is 5.89 Å². The summed E-state index contributed by atoms with van der Waals surface area (Å²) in [7, 11) is 1.57. The van der Waals surface area contributed by atoms with Crippen molar-refractivity contribution in [3.05, 3.63) is 17.3 Å². The summed E-state index contributed by atoms with van der Waals surface area (Å²) in [6, 6.07) is 1.59. The van der Waals surface area contributed by atoms with Crippen LogP contribution >= 0.6 is 11.3 Å². The molecule has 1 unspecified atom stereocenters. The van der Waals surface area contributed by atoms with Gasteiger partial charge in [-0.05, 0) is 18.4 Å². The van der Waals surface area contributed by atoms with Gasteiger partial charge in [0.1, 0.15) is 16.7 Å². The number of nitrogens with zero attached hydrogens (tertiary/aromatic N) is 2. The third kappa shape index (κ3) is 1.86. The van der Waals surface area contributed by atoms with Gasteiger partial charge in [-0.25, -0.2) is 0 Å². The van der Waals surface area contributed by atoms with Gasteiger partial charge in [-0.15, -0.1) is 11.3 Å². The van der Waals surface area contributed by atoms with Gasteiger partial charge < -0.3 is 14.4 Å². The Balaban J connectivity index is 2.32. The molecule has 5 nitrogen and oxygen atoms in total. The summed E-state index contributed by atoms with van der Waals surface area (Å²) < 4.78 is 10.1. The largest absolute Gasteiger partial charge is 0.506 e. The van der Waals surface area contributed by atoms with Crippen molar-refractivity contribution >= 4 is 11.3 Å². The van der Waals surface area contributed by atoms with E-state index in [4.69, 9.17) is 9.26 Å². The summed E-state index contributed by atoms with van der Waals surface area (Å²) in [6.45, 7) is 1.82. The SMILES string of the molecule is COC(C)c1noc(-c2sccc2O)n1. The molecule has 0 radical (unpaired) electrons. The van der Waals surface area contributed by atoms with Crippen LogP contribution in [-0.4, -0.2) is 22.4 Å². The highest BCUT2D eigenvalue weighted by Gasteiger charge is 2.17. The zero-order chi connectivity index (χ0) is 10.8. The van der Waals surface area contributed by atoms with E-state index in [-0.39, 0.29) is 11.9 Å². The second-order valence-electron chi connectivity index (χ2n) is 2.97. The number of rotatable bonds is 3. The molecule has 0 aliphatic heterocycles. The maximum Gasteiger partial charge on any atom is 0.271 e. The fourth-order valence-corrected chi connectivity index (χ4v) is 1.77. The second kappa shape index (κ2) is 4.00. The molecule has 1 N–H and O–H groups in total. The average molecular weight is 226 g/mol. The minimum absolute atomic E-state index is 0.153. The molecule has 0 aliphatic carbocycles. The van der Waals surface area contributed by atoms with Gasteiger partial charge in [0.05, 0.1) is 0 Å². The van der Waals surface area contributed by atoms with Crippen molar-refractivity contribution in [2.45, 2.75) is 13.0 Å². The Bertz CT molecular complexity index is 452. The van der Waals surface area contributed by atoms with Crippen molar-refractivity contribution in [3.63, 3.8) is 0 Å². The van der Waals surface area contributed by atoms with Crippen LogP contribution in [0.25, 0.3) is 10.8 Å². The Labute approximate surface area is 90.3 Å². The van der Waals surface area contributed by atoms with Crippen molar-refractivity contribution in [1.29, 1.82) is 0 Å². The van der Waals surface area contributed by atoms with E-state index in [1.165, 1.54) is 11.3 Å². The quantitative estimate of drug-likeness (QED) is 0.869. The number of thiophene rings is 1. The zero-order valence-corrected chi connectivity index (χ0v) is 9.11. The van der Waals surface area contributed by atoms with Crippen molar-refractivity contribution in [1.82, 2.24) is 10.1 Å². The number of ether oxygens (including phenoxy) is 1. The van der Waals surface area contributed by atoms with Crippen molar-refractivity contribution in [2.24, 2.45) is 0 Å². The first kappa shape index (κ1) is 10.1. The van der Waals surface area contributed by atoms with Crippen molar-refractivity contribution < 1.29 is 14.4 Å². The molecule has 0 saturated heterocycles. The number of hydrogen-bond donors (Lipinski definition) is 1. The van der Waals surface area contributed by atoms with Crippen LogP contribution in [0.2, 0.25) is 0 Å². The number of hydrogen-bond acceptors (Lipinski definition) is 6. The van der Waals surface area contributed by atoms with Crippen molar-refractivity contribution in [3.8, 4) is 16.5 Å². The maximum atomic E-state index is 9.46. The monoisotopic (exact) mass is 226 g/mol. The fourth-order valence-electron chi connectivity index (χ4n) is 1.06. The summed E-state index contributed by atoms with van der Waals surface area (Å²) >= 11 is 1.35. The molecule has 2 heterocycles. The summed E-state index contributed by atoms with van der Waals surface area (Å²) in [5.74, 6) is 0.946. The lowest BCUT2D eigenvalue weighted by molar-refractivity contribution is 0.109. The molecular weight excluding hydrogens is 216 g/mol. The van der Waals surface area contributed by atoms with Gasteiger partial charge in [-0.2, -0.15) is 4.98 Å². The molecule has 0 aliphatic rings. The van der Waals surface area contributed by atoms with E-state index in [0.717, 1.165) is 0 Å². The third-order valence-electron chi connectivity index (χ3n) is 2.00. The molecule has 0 spiro atoms. The van der Waals surface area contributed by atoms with E-state index >= 15 is 0 Å². The highest BCUT2D eigenvalue weighted by molar-refractivity contribution is 7.13.